The number of hydrogen-bond donors (Lipinski definition) is 1. The fraction of sp³-hybridized carbons (Fsp3) is 0.667. The minimum atomic E-state index is -0.0442. The molecule has 5 heteroatoms. The maximum absolute atomic E-state index is 12.7. The summed E-state index contributed by atoms with van der Waals surface area (Å²) >= 11 is 0. The summed E-state index contributed by atoms with van der Waals surface area (Å²) < 4.78 is 0. The van der Waals surface area contributed by atoms with Gasteiger partial charge in [0.05, 0.1) is 24.5 Å². The molecule has 108 valence electrons. The van der Waals surface area contributed by atoms with Gasteiger partial charge in [0.25, 0.3) is 0 Å². The highest BCUT2D eigenvalue weighted by Crippen LogP contribution is 2.37. The number of fused-ring (bicyclic) bond motifs is 1. The van der Waals surface area contributed by atoms with Gasteiger partial charge in [-0.3, -0.25) is 14.8 Å². The highest BCUT2D eigenvalue weighted by atomic mass is 16.2. The van der Waals surface area contributed by atoms with E-state index in [-0.39, 0.29) is 11.9 Å². The molecule has 2 heterocycles. The number of hydrogen-bond acceptors (Lipinski definition) is 4. The number of carbonyl (C=O) groups excluding carboxylic acids is 1. The monoisotopic (exact) mass is 274 g/mol. The lowest BCUT2D eigenvalue weighted by Gasteiger charge is -2.31. The molecule has 1 aromatic rings. The van der Waals surface area contributed by atoms with E-state index in [9.17, 15) is 4.79 Å². The van der Waals surface area contributed by atoms with Gasteiger partial charge in [0.2, 0.25) is 5.91 Å². The van der Waals surface area contributed by atoms with Crippen molar-refractivity contribution >= 4 is 5.91 Å². The molecule has 5 nitrogen and oxygen atoms in total. The zero-order chi connectivity index (χ0) is 13.9. The van der Waals surface area contributed by atoms with Crippen LogP contribution in [-0.2, 0) is 11.3 Å². The zero-order valence-corrected chi connectivity index (χ0v) is 12.0. The van der Waals surface area contributed by atoms with Crippen LogP contribution in [0.25, 0.3) is 0 Å². The van der Waals surface area contributed by atoms with E-state index in [2.05, 4.69) is 20.2 Å². The van der Waals surface area contributed by atoms with Crippen LogP contribution in [0.4, 0.5) is 0 Å². The summed E-state index contributed by atoms with van der Waals surface area (Å²) in [7, 11) is 1.88. The van der Waals surface area contributed by atoms with Crippen LogP contribution in [0.3, 0.4) is 0 Å². The molecule has 3 unspecified atom stereocenters. The van der Waals surface area contributed by atoms with E-state index in [1.54, 1.807) is 18.6 Å². The third-order valence-electron chi connectivity index (χ3n) is 4.72. The van der Waals surface area contributed by atoms with Crippen molar-refractivity contribution in [3.63, 3.8) is 0 Å². The topological polar surface area (TPSA) is 58.1 Å². The fourth-order valence-corrected chi connectivity index (χ4v) is 3.68. The molecule has 3 atom stereocenters. The molecule has 1 amide bonds. The van der Waals surface area contributed by atoms with Crippen molar-refractivity contribution in [1.29, 1.82) is 0 Å². The van der Waals surface area contributed by atoms with Crippen molar-refractivity contribution in [2.75, 3.05) is 7.05 Å². The van der Waals surface area contributed by atoms with Crippen LogP contribution in [-0.4, -0.2) is 39.9 Å². The number of aromatic nitrogens is 2. The zero-order valence-electron chi connectivity index (χ0n) is 12.0. The lowest BCUT2D eigenvalue weighted by molar-refractivity contribution is -0.136. The molecule has 3 rings (SSSR count). The summed E-state index contributed by atoms with van der Waals surface area (Å²) in [6, 6.07) is 0.347. The number of rotatable bonds is 3. The second kappa shape index (κ2) is 5.87. The number of likely N-dealkylation sites (tertiary alicyclic amines) is 1. The molecule has 1 N–H and O–H groups in total. The standard InChI is InChI=1S/C15H22N4O/c1-16-13-6-5-11-3-2-4-14(11)19(15(13)20)10-12-9-17-7-8-18-12/h7-9,11,13-14,16H,2-6,10H2,1H3. The highest BCUT2D eigenvalue weighted by molar-refractivity contribution is 5.82. The summed E-state index contributed by atoms with van der Waals surface area (Å²) in [5, 5.41) is 3.17. The molecule has 1 aliphatic carbocycles. The molecule has 1 aromatic heterocycles. The number of likely N-dealkylation sites (N-methyl/N-ethyl adjacent to an activating group) is 1. The first-order valence-corrected chi connectivity index (χ1v) is 7.52. The molecule has 1 saturated carbocycles. The number of amides is 1. The van der Waals surface area contributed by atoms with Crippen molar-refractivity contribution in [1.82, 2.24) is 20.2 Å². The van der Waals surface area contributed by atoms with Gasteiger partial charge in [-0.05, 0) is 38.6 Å². The van der Waals surface area contributed by atoms with Gasteiger partial charge < -0.3 is 10.2 Å². The molecule has 1 saturated heterocycles. The third-order valence-corrected chi connectivity index (χ3v) is 4.72. The van der Waals surface area contributed by atoms with Crippen LogP contribution >= 0.6 is 0 Å². The van der Waals surface area contributed by atoms with E-state index in [1.165, 1.54) is 12.8 Å². The summed E-state index contributed by atoms with van der Waals surface area (Å²) in [6.45, 7) is 0.589. The Balaban J connectivity index is 1.84. The Labute approximate surface area is 119 Å². The summed E-state index contributed by atoms with van der Waals surface area (Å²) in [5.74, 6) is 0.890. The van der Waals surface area contributed by atoms with Gasteiger partial charge in [-0.25, -0.2) is 0 Å². The van der Waals surface area contributed by atoms with Crippen LogP contribution < -0.4 is 5.32 Å². The summed E-state index contributed by atoms with van der Waals surface area (Å²) in [6.07, 6.45) is 10.9. The molecule has 0 spiro atoms. The van der Waals surface area contributed by atoms with Crippen LogP contribution in [0.2, 0.25) is 0 Å². The second-order valence-electron chi connectivity index (χ2n) is 5.84. The molecule has 2 fully saturated rings. The Hall–Kier alpha value is -1.49. The van der Waals surface area contributed by atoms with Gasteiger partial charge >= 0.3 is 0 Å². The van der Waals surface area contributed by atoms with Crippen molar-refractivity contribution in [2.24, 2.45) is 5.92 Å². The maximum atomic E-state index is 12.7. The van der Waals surface area contributed by atoms with Crippen LogP contribution in [0.15, 0.2) is 18.6 Å². The average molecular weight is 274 g/mol. The van der Waals surface area contributed by atoms with Gasteiger partial charge in [0.1, 0.15) is 0 Å². The first kappa shape index (κ1) is 13.5. The largest absolute Gasteiger partial charge is 0.332 e. The molecule has 20 heavy (non-hydrogen) atoms. The van der Waals surface area contributed by atoms with E-state index < -0.39 is 0 Å². The Morgan fingerprint density at radius 2 is 2.20 bits per heavy atom. The quantitative estimate of drug-likeness (QED) is 0.904. The number of carbonyl (C=O) groups is 1. The fourth-order valence-electron chi connectivity index (χ4n) is 3.68. The molecule has 0 radical (unpaired) electrons. The Morgan fingerprint density at radius 3 is 2.95 bits per heavy atom. The predicted molar refractivity (Wildman–Crippen MR) is 75.8 cm³/mol. The van der Waals surface area contributed by atoms with Crippen molar-refractivity contribution in [3.8, 4) is 0 Å². The third kappa shape index (κ3) is 2.54. The number of nitrogens with one attached hydrogen (secondary N) is 1. The van der Waals surface area contributed by atoms with E-state index in [0.29, 0.717) is 18.5 Å². The van der Waals surface area contributed by atoms with Gasteiger partial charge in [-0.2, -0.15) is 0 Å². The molecular formula is C15H22N4O. The molecule has 0 bridgehead atoms. The van der Waals surface area contributed by atoms with Crippen molar-refractivity contribution in [2.45, 2.75) is 50.7 Å². The molecule has 0 aromatic carbocycles. The predicted octanol–water partition coefficient (Wildman–Crippen LogP) is 1.36. The average Bonchev–Trinajstić information content (AvgIpc) is 2.90. The van der Waals surface area contributed by atoms with E-state index >= 15 is 0 Å². The van der Waals surface area contributed by atoms with Gasteiger partial charge in [0.15, 0.2) is 0 Å². The summed E-state index contributed by atoms with van der Waals surface area (Å²) in [5.41, 5.74) is 0.878. The lowest BCUT2D eigenvalue weighted by atomic mass is 9.97. The van der Waals surface area contributed by atoms with E-state index in [0.717, 1.165) is 25.0 Å². The second-order valence-corrected chi connectivity index (χ2v) is 5.84. The molecular weight excluding hydrogens is 252 g/mol. The Kier molecular flexibility index (Phi) is 3.96. The van der Waals surface area contributed by atoms with Crippen molar-refractivity contribution < 1.29 is 4.79 Å². The van der Waals surface area contributed by atoms with Gasteiger partial charge in [-0.1, -0.05) is 6.42 Å². The van der Waals surface area contributed by atoms with Crippen LogP contribution in [0.1, 0.15) is 37.8 Å². The smallest absolute Gasteiger partial charge is 0.240 e. The van der Waals surface area contributed by atoms with Crippen LogP contribution in [0.5, 0.6) is 0 Å². The Bertz CT molecular complexity index is 464. The summed E-state index contributed by atoms with van der Waals surface area (Å²) in [4.78, 5) is 23.2. The maximum Gasteiger partial charge on any atom is 0.240 e. The van der Waals surface area contributed by atoms with Gasteiger partial charge in [-0.15, -0.1) is 0 Å². The van der Waals surface area contributed by atoms with E-state index in [4.69, 9.17) is 0 Å². The lowest BCUT2D eigenvalue weighted by Crippen LogP contribution is -2.47. The molecule has 2 aliphatic rings. The first-order valence-electron chi connectivity index (χ1n) is 7.52. The normalized spacial score (nSPS) is 30.1. The van der Waals surface area contributed by atoms with Crippen molar-refractivity contribution in [3.05, 3.63) is 24.3 Å². The molecule has 1 aliphatic heterocycles. The minimum Gasteiger partial charge on any atom is -0.332 e. The first-order chi connectivity index (χ1) is 9.79. The Morgan fingerprint density at radius 1 is 1.30 bits per heavy atom. The van der Waals surface area contributed by atoms with Gasteiger partial charge in [0, 0.05) is 18.4 Å². The number of nitrogens with zero attached hydrogens (tertiary/aromatic N) is 3. The van der Waals surface area contributed by atoms with Crippen LogP contribution in [0, 0.1) is 5.92 Å². The SMILES string of the molecule is CNC1CCC2CCCC2N(Cc2cnccn2)C1=O. The highest BCUT2D eigenvalue weighted by Gasteiger charge is 2.40. The minimum absolute atomic E-state index is 0.0442. The van der Waals surface area contributed by atoms with E-state index in [1.807, 2.05) is 7.05 Å².